The van der Waals surface area contributed by atoms with Gasteiger partial charge in [0.25, 0.3) is 0 Å². The summed E-state index contributed by atoms with van der Waals surface area (Å²) < 4.78 is 5.79. The van der Waals surface area contributed by atoms with Gasteiger partial charge in [0.15, 0.2) is 5.82 Å². The van der Waals surface area contributed by atoms with Gasteiger partial charge in [-0.15, -0.1) is 0 Å². The van der Waals surface area contributed by atoms with Crippen LogP contribution in [0.15, 0.2) is 55.4 Å². The number of nitrogens with zero attached hydrogens (tertiary/aromatic N) is 5. The molecular formula is C30H35Cl2N7O3. The Bertz CT molecular complexity index is 1450. The van der Waals surface area contributed by atoms with Gasteiger partial charge in [0.05, 0.1) is 46.9 Å². The van der Waals surface area contributed by atoms with E-state index in [2.05, 4.69) is 51.1 Å². The van der Waals surface area contributed by atoms with Crippen LogP contribution in [0.3, 0.4) is 0 Å². The van der Waals surface area contributed by atoms with Crippen LogP contribution >= 0.6 is 23.2 Å². The largest absolute Gasteiger partial charge is 0.494 e. The molecule has 3 heterocycles. The first-order valence-electron chi connectivity index (χ1n) is 13.8. The SMILES string of the molecule is C=CC(=O)Nc1cc(Nc2cc(N3OCCC3c3cccc(Cl)c3Cl)ncn2)c(OC)cc1N1CCC(N(C)C)CC1. The number of rotatable bonds is 9. The lowest BCUT2D eigenvalue weighted by molar-refractivity contribution is -0.111. The molecule has 10 nitrogen and oxygen atoms in total. The quantitative estimate of drug-likeness (QED) is 0.279. The number of hydroxylamine groups is 1. The average molecular weight is 613 g/mol. The fourth-order valence-electron chi connectivity index (χ4n) is 5.43. The lowest BCUT2D eigenvalue weighted by Crippen LogP contribution is -2.42. The zero-order chi connectivity index (χ0) is 29.8. The Hall–Kier alpha value is -3.57. The average Bonchev–Trinajstić information content (AvgIpc) is 3.49. The highest BCUT2D eigenvalue weighted by atomic mass is 35.5. The molecule has 1 amide bonds. The Labute approximate surface area is 256 Å². The minimum absolute atomic E-state index is 0.162. The van der Waals surface area contributed by atoms with Crippen LogP contribution in [0.25, 0.3) is 0 Å². The number of nitrogens with one attached hydrogen (secondary N) is 2. The first-order valence-corrected chi connectivity index (χ1v) is 14.6. The van der Waals surface area contributed by atoms with Crippen molar-refractivity contribution in [2.75, 3.05) is 61.5 Å². The minimum Gasteiger partial charge on any atom is -0.494 e. The lowest BCUT2D eigenvalue weighted by atomic mass is 10.0. The van der Waals surface area contributed by atoms with E-state index in [4.69, 9.17) is 32.8 Å². The van der Waals surface area contributed by atoms with Crippen LogP contribution in [-0.4, -0.2) is 67.7 Å². The van der Waals surface area contributed by atoms with Crippen molar-refractivity contribution < 1.29 is 14.4 Å². The molecule has 2 N–H and O–H groups in total. The molecule has 3 aromatic rings. The van der Waals surface area contributed by atoms with E-state index in [1.165, 1.54) is 12.4 Å². The molecular weight excluding hydrogens is 577 g/mol. The second-order valence-corrected chi connectivity index (χ2v) is 11.2. The van der Waals surface area contributed by atoms with Crippen molar-refractivity contribution in [3.05, 3.63) is 71.0 Å². The fourth-order valence-corrected chi connectivity index (χ4v) is 5.87. The van der Waals surface area contributed by atoms with Crippen molar-refractivity contribution in [3.8, 4) is 5.75 Å². The zero-order valence-electron chi connectivity index (χ0n) is 23.9. The molecule has 42 heavy (non-hydrogen) atoms. The summed E-state index contributed by atoms with van der Waals surface area (Å²) in [6, 6.07) is 11.5. The number of hydrogen-bond donors (Lipinski definition) is 2. The summed E-state index contributed by atoms with van der Waals surface area (Å²) in [4.78, 5) is 31.8. The van der Waals surface area contributed by atoms with Crippen LogP contribution in [0.5, 0.6) is 5.75 Å². The molecule has 2 aliphatic rings. The van der Waals surface area contributed by atoms with E-state index in [1.54, 1.807) is 24.3 Å². The van der Waals surface area contributed by atoms with Crippen molar-refractivity contribution in [1.82, 2.24) is 14.9 Å². The van der Waals surface area contributed by atoms with Gasteiger partial charge in [-0.3, -0.25) is 9.63 Å². The van der Waals surface area contributed by atoms with Crippen molar-refractivity contribution in [1.29, 1.82) is 0 Å². The molecule has 1 aromatic heterocycles. The second kappa shape index (κ2) is 13.2. The number of anilines is 5. The number of hydrogen-bond acceptors (Lipinski definition) is 9. The predicted octanol–water partition coefficient (Wildman–Crippen LogP) is 6.07. The summed E-state index contributed by atoms with van der Waals surface area (Å²) in [6.45, 7) is 5.84. The topological polar surface area (TPSA) is 95.1 Å². The maximum absolute atomic E-state index is 12.4. The number of benzene rings is 2. The molecule has 2 saturated heterocycles. The van der Waals surface area contributed by atoms with E-state index in [-0.39, 0.29) is 11.9 Å². The molecule has 2 aromatic carbocycles. The minimum atomic E-state index is -0.295. The number of aromatic nitrogens is 2. The van der Waals surface area contributed by atoms with Crippen molar-refractivity contribution in [2.45, 2.75) is 31.3 Å². The Kier molecular flexibility index (Phi) is 9.37. The molecule has 1 unspecified atom stereocenters. The van der Waals surface area contributed by atoms with E-state index in [0.29, 0.717) is 51.5 Å². The van der Waals surface area contributed by atoms with E-state index in [9.17, 15) is 4.79 Å². The highest BCUT2D eigenvalue weighted by molar-refractivity contribution is 6.42. The van der Waals surface area contributed by atoms with Gasteiger partial charge in [-0.05, 0) is 50.7 Å². The zero-order valence-corrected chi connectivity index (χ0v) is 25.5. The van der Waals surface area contributed by atoms with Gasteiger partial charge in [0, 0.05) is 37.7 Å². The van der Waals surface area contributed by atoms with Crippen LogP contribution in [0, 0.1) is 0 Å². The molecule has 1 atom stereocenters. The third-order valence-electron chi connectivity index (χ3n) is 7.68. The van der Waals surface area contributed by atoms with Gasteiger partial charge in [0.2, 0.25) is 5.91 Å². The fraction of sp³-hybridized carbons (Fsp3) is 0.367. The number of carbonyl (C=O) groups excluding carboxylic acids is 1. The maximum atomic E-state index is 12.4. The standard InChI is InChI=1S/C30H35Cl2N7O3/c1-5-29(40)36-22-15-23(26(41-4)16-25(22)38-12-9-19(10-13-38)37(2)3)35-27-17-28(34-18-33-27)39-24(11-14-42-39)20-7-6-8-21(31)30(20)32/h5-8,15-19,24H,1,9-14H2,2-4H3,(H,36,40)(H,33,34,35). The molecule has 0 bridgehead atoms. The summed E-state index contributed by atoms with van der Waals surface area (Å²) >= 11 is 12.8. The van der Waals surface area contributed by atoms with Crippen LogP contribution in [0.1, 0.15) is 30.9 Å². The number of halogens is 2. The third kappa shape index (κ3) is 6.42. The predicted molar refractivity (Wildman–Crippen MR) is 168 cm³/mol. The normalized spacial score (nSPS) is 17.4. The molecule has 2 aliphatic heterocycles. The molecule has 0 radical (unpaired) electrons. The van der Waals surface area contributed by atoms with Gasteiger partial charge in [-0.2, -0.15) is 0 Å². The van der Waals surface area contributed by atoms with Gasteiger partial charge < -0.3 is 25.2 Å². The summed E-state index contributed by atoms with van der Waals surface area (Å²) in [6.07, 6.45) is 5.49. The summed E-state index contributed by atoms with van der Waals surface area (Å²) in [5.41, 5.74) is 3.04. The van der Waals surface area contributed by atoms with E-state index in [0.717, 1.165) is 43.6 Å². The Morgan fingerprint density at radius 3 is 2.64 bits per heavy atom. The van der Waals surface area contributed by atoms with Crippen LogP contribution in [0.2, 0.25) is 10.0 Å². The monoisotopic (exact) mass is 611 g/mol. The van der Waals surface area contributed by atoms with E-state index >= 15 is 0 Å². The number of amides is 1. The van der Waals surface area contributed by atoms with Crippen molar-refractivity contribution in [2.24, 2.45) is 0 Å². The van der Waals surface area contributed by atoms with Crippen LogP contribution in [-0.2, 0) is 9.63 Å². The van der Waals surface area contributed by atoms with E-state index < -0.39 is 0 Å². The molecule has 12 heteroatoms. The Morgan fingerprint density at radius 1 is 1.14 bits per heavy atom. The Morgan fingerprint density at radius 2 is 1.93 bits per heavy atom. The number of carbonyl (C=O) groups is 1. The van der Waals surface area contributed by atoms with E-state index in [1.807, 2.05) is 24.3 Å². The number of methoxy groups -OCH3 is 1. The highest BCUT2D eigenvalue weighted by Gasteiger charge is 2.31. The maximum Gasteiger partial charge on any atom is 0.247 e. The molecule has 222 valence electrons. The van der Waals surface area contributed by atoms with Gasteiger partial charge in [0.1, 0.15) is 17.9 Å². The lowest BCUT2D eigenvalue weighted by Gasteiger charge is -2.37. The smallest absolute Gasteiger partial charge is 0.247 e. The summed E-state index contributed by atoms with van der Waals surface area (Å²) in [5, 5.41) is 9.03. The second-order valence-electron chi connectivity index (χ2n) is 10.4. The summed E-state index contributed by atoms with van der Waals surface area (Å²) in [7, 11) is 5.84. The van der Waals surface area contributed by atoms with Crippen LogP contribution < -0.4 is 25.3 Å². The van der Waals surface area contributed by atoms with Crippen LogP contribution in [0.4, 0.5) is 28.7 Å². The number of ether oxygens (including phenoxy) is 1. The van der Waals surface area contributed by atoms with Crippen molar-refractivity contribution >= 4 is 57.8 Å². The molecule has 0 saturated carbocycles. The molecule has 5 rings (SSSR count). The number of piperidine rings is 1. The first kappa shape index (κ1) is 29.9. The Balaban J connectivity index is 1.43. The van der Waals surface area contributed by atoms with Gasteiger partial charge in [-0.1, -0.05) is 41.9 Å². The summed E-state index contributed by atoms with van der Waals surface area (Å²) in [5.74, 6) is 1.39. The highest BCUT2D eigenvalue weighted by Crippen LogP contribution is 2.42. The molecule has 0 aliphatic carbocycles. The van der Waals surface area contributed by atoms with Gasteiger partial charge in [-0.25, -0.2) is 15.0 Å². The van der Waals surface area contributed by atoms with Crippen molar-refractivity contribution in [3.63, 3.8) is 0 Å². The third-order valence-corrected chi connectivity index (χ3v) is 8.52. The first-order chi connectivity index (χ1) is 20.3. The molecule has 0 spiro atoms. The van der Waals surface area contributed by atoms with Gasteiger partial charge >= 0.3 is 0 Å². The molecule has 2 fully saturated rings.